The number of nitrogens with one attached hydrogen (secondary N) is 1. The van der Waals surface area contributed by atoms with Gasteiger partial charge in [-0.2, -0.15) is 10.1 Å². The number of hydrogen-bond donors (Lipinski definition) is 1. The van der Waals surface area contributed by atoms with E-state index in [1.807, 2.05) is 38.1 Å². The third-order valence-corrected chi connectivity index (χ3v) is 4.47. The van der Waals surface area contributed by atoms with Crippen molar-refractivity contribution in [2.45, 2.75) is 20.4 Å². The van der Waals surface area contributed by atoms with Crippen LogP contribution in [0.25, 0.3) is 11.2 Å². The molecule has 0 aliphatic carbocycles. The molecule has 0 amide bonds. The van der Waals surface area contributed by atoms with Crippen LogP contribution in [0.15, 0.2) is 39.0 Å². The first kappa shape index (κ1) is 19.6. The van der Waals surface area contributed by atoms with Crippen LogP contribution in [-0.2, 0) is 25.4 Å². The number of nitrogens with zero attached hydrogens (tertiary/aromatic N) is 5. The van der Waals surface area contributed by atoms with E-state index in [9.17, 15) is 9.59 Å². The number of anilines is 1. The Morgan fingerprint density at radius 3 is 2.57 bits per heavy atom. The lowest BCUT2D eigenvalue weighted by Crippen LogP contribution is -2.37. The zero-order valence-electron chi connectivity index (χ0n) is 16.5. The second-order valence-corrected chi connectivity index (χ2v) is 6.44. The maximum Gasteiger partial charge on any atom is 0.332 e. The topological polar surface area (TPSA) is 95.4 Å². The molecule has 2 aromatic heterocycles. The highest BCUT2D eigenvalue weighted by Crippen LogP contribution is 2.15. The second kappa shape index (κ2) is 8.22. The normalized spacial score (nSPS) is 11.6. The summed E-state index contributed by atoms with van der Waals surface area (Å²) in [6.07, 6.45) is 1.67. The SMILES string of the molecule is CCOCCn1c(N/N=C/c2ccc(C)cc2)nc2c1c(=O)n(C)c(=O)n2C. The van der Waals surface area contributed by atoms with Crippen molar-refractivity contribution < 1.29 is 4.74 Å². The summed E-state index contributed by atoms with van der Waals surface area (Å²) < 4.78 is 9.54. The molecule has 0 spiro atoms. The summed E-state index contributed by atoms with van der Waals surface area (Å²) in [5.74, 6) is 0.372. The van der Waals surface area contributed by atoms with Gasteiger partial charge >= 0.3 is 5.69 Å². The monoisotopic (exact) mass is 384 g/mol. The fraction of sp³-hybridized carbons (Fsp3) is 0.368. The van der Waals surface area contributed by atoms with Crippen molar-refractivity contribution in [1.29, 1.82) is 0 Å². The fourth-order valence-electron chi connectivity index (χ4n) is 2.87. The summed E-state index contributed by atoms with van der Waals surface area (Å²) >= 11 is 0. The minimum absolute atomic E-state index is 0.303. The van der Waals surface area contributed by atoms with E-state index < -0.39 is 11.2 Å². The number of imidazole rings is 1. The number of rotatable bonds is 7. The average Bonchev–Trinajstić information content (AvgIpc) is 3.05. The molecule has 3 aromatic rings. The highest BCUT2D eigenvalue weighted by Gasteiger charge is 2.18. The summed E-state index contributed by atoms with van der Waals surface area (Å²) in [5.41, 5.74) is 4.78. The number of hydrazone groups is 1. The quantitative estimate of drug-likeness (QED) is 0.375. The zero-order chi connectivity index (χ0) is 20.3. The van der Waals surface area contributed by atoms with Crippen molar-refractivity contribution in [3.05, 3.63) is 56.2 Å². The molecule has 28 heavy (non-hydrogen) atoms. The predicted molar refractivity (Wildman–Crippen MR) is 109 cm³/mol. The van der Waals surface area contributed by atoms with Gasteiger partial charge in [-0.15, -0.1) is 0 Å². The van der Waals surface area contributed by atoms with Crippen LogP contribution in [0.1, 0.15) is 18.1 Å². The molecule has 0 unspecified atom stereocenters. The van der Waals surface area contributed by atoms with E-state index in [1.54, 1.807) is 17.8 Å². The molecule has 0 fully saturated rings. The smallest absolute Gasteiger partial charge is 0.332 e. The molecule has 148 valence electrons. The Hall–Kier alpha value is -3.20. The largest absolute Gasteiger partial charge is 0.380 e. The maximum atomic E-state index is 12.7. The fourth-order valence-corrected chi connectivity index (χ4v) is 2.87. The molecule has 0 aliphatic heterocycles. The second-order valence-electron chi connectivity index (χ2n) is 6.44. The minimum atomic E-state index is -0.429. The van der Waals surface area contributed by atoms with E-state index >= 15 is 0 Å². The summed E-state index contributed by atoms with van der Waals surface area (Å²) in [6.45, 7) is 5.30. The molecule has 9 heteroatoms. The predicted octanol–water partition coefficient (Wildman–Crippen LogP) is 1.22. The Labute approximate surface area is 161 Å². The lowest BCUT2D eigenvalue weighted by Gasteiger charge is -2.09. The standard InChI is InChI=1S/C19H24N6O3/c1-5-28-11-10-25-15-16(23(3)19(27)24(4)17(15)26)21-18(25)22-20-12-14-8-6-13(2)7-9-14/h6-9,12H,5,10-11H2,1-4H3,(H,21,22)/b20-12+. The van der Waals surface area contributed by atoms with Crippen LogP contribution >= 0.6 is 0 Å². The molecule has 1 N–H and O–H groups in total. The van der Waals surface area contributed by atoms with Crippen LogP contribution < -0.4 is 16.7 Å². The summed E-state index contributed by atoms with van der Waals surface area (Å²) in [6, 6.07) is 7.91. The van der Waals surface area contributed by atoms with Gasteiger partial charge in [0.05, 0.1) is 12.8 Å². The van der Waals surface area contributed by atoms with Crippen LogP contribution in [-0.4, -0.2) is 38.1 Å². The van der Waals surface area contributed by atoms with Crippen molar-refractivity contribution in [3.8, 4) is 0 Å². The lowest BCUT2D eigenvalue weighted by molar-refractivity contribution is 0.140. The Morgan fingerprint density at radius 2 is 1.89 bits per heavy atom. The van der Waals surface area contributed by atoms with Gasteiger partial charge < -0.3 is 9.30 Å². The van der Waals surface area contributed by atoms with Gasteiger partial charge in [0.25, 0.3) is 5.56 Å². The summed E-state index contributed by atoms with van der Waals surface area (Å²) in [4.78, 5) is 29.3. The van der Waals surface area contributed by atoms with Crippen LogP contribution in [0, 0.1) is 6.92 Å². The van der Waals surface area contributed by atoms with Crippen LogP contribution in [0.5, 0.6) is 0 Å². The Kier molecular flexibility index (Phi) is 5.74. The first-order valence-corrected chi connectivity index (χ1v) is 9.03. The molecular weight excluding hydrogens is 360 g/mol. The van der Waals surface area contributed by atoms with Crippen molar-refractivity contribution in [1.82, 2.24) is 18.7 Å². The molecule has 0 atom stereocenters. The zero-order valence-corrected chi connectivity index (χ0v) is 16.5. The Balaban J connectivity index is 2.02. The molecule has 0 aliphatic rings. The van der Waals surface area contributed by atoms with Gasteiger partial charge in [-0.05, 0) is 19.4 Å². The maximum absolute atomic E-state index is 12.7. The molecule has 1 aromatic carbocycles. The molecular formula is C19H24N6O3. The van der Waals surface area contributed by atoms with Gasteiger partial charge in [0.1, 0.15) is 0 Å². The van der Waals surface area contributed by atoms with E-state index in [-0.39, 0.29) is 0 Å². The minimum Gasteiger partial charge on any atom is -0.380 e. The summed E-state index contributed by atoms with van der Waals surface area (Å²) in [5, 5.41) is 4.23. The van der Waals surface area contributed by atoms with Gasteiger partial charge in [0.15, 0.2) is 11.2 Å². The van der Waals surface area contributed by atoms with Crippen LogP contribution in [0.4, 0.5) is 5.95 Å². The van der Waals surface area contributed by atoms with Gasteiger partial charge in [0, 0.05) is 27.2 Å². The highest BCUT2D eigenvalue weighted by molar-refractivity contribution is 5.80. The molecule has 0 saturated carbocycles. The average molecular weight is 384 g/mol. The third kappa shape index (κ3) is 3.74. The number of fused-ring (bicyclic) bond motifs is 1. The first-order chi connectivity index (χ1) is 13.4. The number of ether oxygens (including phenoxy) is 1. The van der Waals surface area contributed by atoms with E-state index in [0.29, 0.717) is 36.9 Å². The molecule has 0 saturated heterocycles. The van der Waals surface area contributed by atoms with Gasteiger partial charge in [-0.1, -0.05) is 29.8 Å². The number of hydrogen-bond acceptors (Lipinski definition) is 6. The van der Waals surface area contributed by atoms with Crippen molar-refractivity contribution in [3.63, 3.8) is 0 Å². The van der Waals surface area contributed by atoms with Crippen molar-refractivity contribution in [2.75, 3.05) is 18.6 Å². The molecule has 0 bridgehead atoms. The summed E-state index contributed by atoms with van der Waals surface area (Å²) in [7, 11) is 3.04. The molecule has 3 rings (SSSR count). The molecule has 2 heterocycles. The lowest BCUT2D eigenvalue weighted by atomic mass is 10.2. The van der Waals surface area contributed by atoms with E-state index in [4.69, 9.17) is 4.74 Å². The van der Waals surface area contributed by atoms with Gasteiger partial charge in [-0.25, -0.2) is 10.2 Å². The number of benzene rings is 1. The van der Waals surface area contributed by atoms with Gasteiger partial charge in [-0.3, -0.25) is 13.9 Å². The molecule has 9 nitrogen and oxygen atoms in total. The number of aromatic nitrogens is 4. The van der Waals surface area contributed by atoms with E-state index in [1.165, 1.54) is 17.2 Å². The number of aryl methyl sites for hydroxylation is 2. The Morgan fingerprint density at radius 1 is 1.18 bits per heavy atom. The third-order valence-electron chi connectivity index (χ3n) is 4.47. The Bertz CT molecular complexity index is 1120. The van der Waals surface area contributed by atoms with Gasteiger partial charge in [0.2, 0.25) is 5.95 Å². The highest BCUT2D eigenvalue weighted by atomic mass is 16.5. The van der Waals surface area contributed by atoms with Crippen LogP contribution in [0.2, 0.25) is 0 Å². The molecule has 0 radical (unpaired) electrons. The van der Waals surface area contributed by atoms with Crippen LogP contribution in [0.3, 0.4) is 0 Å². The van der Waals surface area contributed by atoms with Crippen molar-refractivity contribution in [2.24, 2.45) is 19.2 Å². The first-order valence-electron chi connectivity index (χ1n) is 9.03. The van der Waals surface area contributed by atoms with E-state index in [0.717, 1.165) is 10.1 Å². The van der Waals surface area contributed by atoms with E-state index in [2.05, 4.69) is 15.5 Å². The van der Waals surface area contributed by atoms with Crippen molar-refractivity contribution >= 4 is 23.3 Å².